The number of amides is 1. The number of hydrogen-bond donors (Lipinski definition) is 0. The Bertz CT molecular complexity index is 782. The third kappa shape index (κ3) is 4.30. The van der Waals surface area contributed by atoms with Crippen LogP contribution in [-0.4, -0.2) is 30.8 Å². The standard InChI is InChI=1S/C18H17Cl2NO4/c1-2-21(9-12-3-6-16-17(7-12)25-11-24-16)18(22)10-23-13-4-5-14(19)15(20)8-13/h3-8H,2,9-11H2,1H3. The van der Waals surface area contributed by atoms with Gasteiger partial charge in [-0.25, -0.2) is 0 Å². The molecule has 1 aliphatic rings. The number of hydrogen-bond acceptors (Lipinski definition) is 4. The normalized spacial score (nSPS) is 12.1. The van der Waals surface area contributed by atoms with Crippen molar-refractivity contribution < 1.29 is 19.0 Å². The lowest BCUT2D eigenvalue weighted by Gasteiger charge is -2.21. The lowest BCUT2D eigenvalue weighted by molar-refractivity contribution is -0.133. The van der Waals surface area contributed by atoms with Crippen LogP contribution in [0, 0.1) is 0 Å². The highest BCUT2D eigenvalue weighted by Gasteiger charge is 2.17. The van der Waals surface area contributed by atoms with E-state index >= 15 is 0 Å². The zero-order valence-corrected chi connectivity index (χ0v) is 15.1. The van der Waals surface area contributed by atoms with Gasteiger partial charge in [-0.2, -0.15) is 0 Å². The van der Waals surface area contributed by atoms with E-state index in [4.69, 9.17) is 37.4 Å². The molecule has 0 saturated carbocycles. The van der Waals surface area contributed by atoms with Crippen molar-refractivity contribution in [2.75, 3.05) is 19.9 Å². The van der Waals surface area contributed by atoms with Gasteiger partial charge in [0.25, 0.3) is 5.91 Å². The molecule has 0 aromatic heterocycles. The quantitative estimate of drug-likeness (QED) is 0.753. The topological polar surface area (TPSA) is 48.0 Å². The Morgan fingerprint density at radius 3 is 2.68 bits per heavy atom. The summed E-state index contributed by atoms with van der Waals surface area (Å²) >= 11 is 11.8. The Kier molecular flexibility index (Phi) is 5.56. The van der Waals surface area contributed by atoms with Crippen molar-refractivity contribution in [3.8, 4) is 17.2 Å². The second kappa shape index (κ2) is 7.85. The molecule has 0 aliphatic carbocycles. The first-order chi connectivity index (χ1) is 12.1. The number of halogens is 2. The molecule has 0 fully saturated rings. The molecule has 0 bridgehead atoms. The van der Waals surface area contributed by atoms with E-state index in [1.165, 1.54) is 0 Å². The van der Waals surface area contributed by atoms with Gasteiger partial charge in [0.1, 0.15) is 5.75 Å². The maximum Gasteiger partial charge on any atom is 0.260 e. The molecule has 0 N–H and O–H groups in total. The van der Waals surface area contributed by atoms with Crippen LogP contribution < -0.4 is 14.2 Å². The number of ether oxygens (including phenoxy) is 3. The van der Waals surface area contributed by atoms with Crippen molar-refractivity contribution in [3.05, 3.63) is 52.0 Å². The molecule has 5 nitrogen and oxygen atoms in total. The Labute approximate surface area is 156 Å². The molecular weight excluding hydrogens is 365 g/mol. The molecule has 1 aliphatic heterocycles. The Hall–Kier alpha value is -2.11. The minimum Gasteiger partial charge on any atom is -0.484 e. The number of rotatable bonds is 6. The van der Waals surface area contributed by atoms with Crippen molar-refractivity contribution in [2.45, 2.75) is 13.5 Å². The van der Waals surface area contributed by atoms with Gasteiger partial charge < -0.3 is 19.1 Å². The first-order valence-electron chi connectivity index (χ1n) is 7.81. The van der Waals surface area contributed by atoms with Crippen LogP contribution in [0.4, 0.5) is 0 Å². The molecule has 2 aromatic rings. The summed E-state index contributed by atoms with van der Waals surface area (Å²) in [6.45, 7) is 3.11. The number of nitrogens with zero attached hydrogens (tertiary/aromatic N) is 1. The molecule has 0 spiro atoms. The fourth-order valence-corrected chi connectivity index (χ4v) is 2.73. The molecule has 3 rings (SSSR count). The summed E-state index contributed by atoms with van der Waals surface area (Å²) in [5.74, 6) is 1.81. The van der Waals surface area contributed by atoms with Gasteiger partial charge in [0, 0.05) is 19.2 Å². The number of benzene rings is 2. The van der Waals surface area contributed by atoms with Crippen molar-refractivity contribution >= 4 is 29.1 Å². The Morgan fingerprint density at radius 2 is 1.92 bits per heavy atom. The second-order valence-electron chi connectivity index (χ2n) is 5.46. The van der Waals surface area contributed by atoms with Crippen LogP contribution >= 0.6 is 23.2 Å². The van der Waals surface area contributed by atoms with Gasteiger partial charge in [-0.15, -0.1) is 0 Å². The molecule has 2 aromatic carbocycles. The van der Waals surface area contributed by atoms with Crippen LogP contribution in [0.5, 0.6) is 17.2 Å². The zero-order chi connectivity index (χ0) is 17.8. The summed E-state index contributed by atoms with van der Waals surface area (Å²) in [6.07, 6.45) is 0. The Morgan fingerprint density at radius 1 is 1.12 bits per heavy atom. The van der Waals surface area contributed by atoms with Crippen LogP contribution in [0.25, 0.3) is 0 Å². The van der Waals surface area contributed by atoms with Crippen molar-refractivity contribution in [1.29, 1.82) is 0 Å². The van der Waals surface area contributed by atoms with E-state index in [0.29, 0.717) is 34.6 Å². The minimum atomic E-state index is -0.119. The van der Waals surface area contributed by atoms with Crippen molar-refractivity contribution in [1.82, 2.24) is 4.90 Å². The third-order valence-electron chi connectivity index (χ3n) is 3.80. The summed E-state index contributed by atoms with van der Waals surface area (Å²) in [5.41, 5.74) is 0.967. The largest absolute Gasteiger partial charge is 0.484 e. The molecular formula is C18H17Cl2NO4. The zero-order valence-electron chi connectivity index (χ0n) is 13.6. The van der Waals surface area contributed by atoms with Crippen LogP contribution in [0.3, 0.4) is 0 Å². The lowest BCUT2D eigenvalue weighted by Crippen LogP contribution is -2.34. The molecule has 1 heterocycles. The van der Waals surface area contributed by atoms with Gasteiger partial charge in [-0.05, 0) is 36.8 Å². The maximum atomic E-state index is 12.4. The van der Waals surface area contributed by atoms with E-state index in [1.807, 2.05) is 25.1 Å². The minimum absolute atomic E-state index is 0.0731. The predicted molar refractivity (Wildman–Crippen MR) is 95.6 cm³/mol. The summed E-state index contributed by atoms with van der Waals surface area (Å²) in [5, 5.41) is 0.831. The fraction of sp³-hybridized carbons (Fsp3) is 0.278. The van der Waals surface area contributed by atoms with Crippen molar-refractivity contribution in [3.63, 3.8) is 0 Å². The number of fused-ring (bicyclic) bond motifs is 1. The molecule has 0 saturated heterocycles. The van der Waals surface area contributed by atoms with Crippen LogP contribution in [-0.2, 0) is 11.3 Å². The summed E-state index contributed by atoms with van der Waals surface area (Å²) in [6, 6.07) is 10.6. The van der Waals surface area contributed by atoms with Gasteiger partial charge in [0.05, 0.1) is 10.0 Å². The molecule has 0 atom stereocenters. The maximum absolute atomic E-state index is 12.4. The first-order valence-corrected chi connectivity index (χ1v) is 8.56. The molecule has 25 heavy (non-hydrogen) atoms. The SMILES string of the molecule is CCN(Cc1ccc2c(c1)OCO2)C(=O)COc1ccc(Cl)c(Cl)c1. The summed E-state index contributed by atoms with van der Waals surface area (Å²) in [4.78, 5) is 14.1. The number of carbonyl (C=O) groups is 1. The van der Waals surface area contributed by atoms with E-state index in [0.717, 1.165) is 11.3 Å². The molecule has 0 unspecified atom stereocenters. The molecule has 132 valence electrons. The van der Waals surface area contributed by atoms with E-state index < -0.39 is 0 Å². The van der Waals surface area contributed by atoms with E-state index in [1.54, 1.807) is 23.1 Å². The van der Waals surface area contributed by atoms with Crippen LogP contribution in [0.15, 0.2) is 36.4 Å². The highest BCUT2D eigenvalue weighted by atomic mass is 35.5. The summed E-state index contributed by atoms with van der Waals surface area (Å²) in [7, 11) is 0. The average molecular weight is 382 g/mol. The highest BCUT2D eigenvalue weighted by molar-refractivity contribution is 6.42. The van der Waals surface area contributed by atoms with Gasteiger partial charge in [0.2, 0.25) is 6.79 Å². The Balaban J connectivity index is 1.60. The van der Waals surface area contributed by atoms with E-state index in [-0.39, 0.29) is 19.3 Å². The smallest absolute Gasteiger partial charge is 0.260 e. The van der Waals surface area contributed by atoms with E-state index in [9.17, 15) is 4.79 Å². The molecule has 0 radical (unpaired) electrons. The number of likely N-dealkylation sites (N-methyl/N-ethyl adjacent to an activating group) is 1. The fourth-order valence-electron chi connectivity index (χ4n) is 2.44. The first kappa shape index (κ1) is 17.7. The van der Waals surface area contributed by atoms with Gasteiger partial charge in [-0.1, -0.05) is 29.3 Å². The monoisotopic (exact) mass is 381 g/mol. The molecule has 1 amide bonds. The number of carbonyl (C=O) groups excluding carboxylic acids is 1. The van der Waals surface area contributed by atoms with Gasteiger partial charge in [-0.3, -0.25) is 4.79 Å². The second-order valence-corrected chi connectivity index (χ2v) is 6.27. The van der Waals surface area contributed by atoms with Gasteiger partial charge in [0.15, 0.2) is 18.1 Å². The van der Waals surface area contributed by atoms with E-state index in [2.05, 4.69) is 0 Å². The third-order valence-corrected chi connectivity index (χ3v) is 4.54. The average Bonchev–Trinajstić information content (AvgIpc) is 3.08. The molecule has 7 heteroatoms. The summed E-state index contributed by atoms with van der Waals surface area (Å²) < 4.78 is 16.2. The van der Waals surface area contributed by atoms with Crippen LogP contribution in [0.1, 0.15) is 12.5 Å². The van der Waals surface area contributed by atoms with Crippen LogP contribution in [0.2, 0.25) is 10.0 Å². The highest BCUT2D eigenvalue weighted by Crippen LogP contribution is 2.32. The van der Waals surface area contributed by atoms with Crippen molar-refractivity contribution in [2.24, 2.45) is 0 Å². The van der Waals surface area contributed by atoms with Gasteiger partial charge >= 0.3 is 0 Å². The predicted octanol–water partition coefficient (Wildman–Crippen LogP) is 4.15. The lowest BCUT2D eigenvalue weighted by atomic mass is 10.2.